The summed E-state index contributed by atoms with van der Waals surface area (Å²) in [4.78, 5) is 29.8. The predicted octanol–water partition coefficient (Wildman–Crippen LogP) is 6.82. The molecule has 44 heavy (non-hydrogen) atoms. The molecule has 0 unspecified atom stereocenters. The molecule has 0 saturated carbocycles. The van der Waals surface area contributed by atoms with E-state index in [9.17, 15) is 41.0 Å². The average Bonchev–Trinajstić information content (AvgIpc) is 2.96. The topological polar surface area (TPSA) is 104 Å². The maximum Gasteiger partial charge on any atom is 0.416 e. The van der Waals surface area contributed by atoms with Crippen molar-refractivity contribution in [3.8, 4) is 23.0 Å². The third kappa shape index (κ3) is 7.53. The summed E-state index contributed by atoms with van der Waals surface area (Å²) in [7, 11) is 3.51. The van der Waals surface area contributed by atoms with Gasteiger partial charge in [-0.25, -0.2) is 4.98 Å². The molecule has 1 N–H and O–H groups in total. The fraction of sp³-hybridized carbons (Fsp3) is 0.367. The van der Waals surface area contributed by atoms with Crippen molar-refractivity contribution < 1.29 is 60.0 Å². The zero-order valence-corrected chi connectivity index (χ0v) is 24.2. The number of rotatable bonds is 11. The molecule has 1 aromatic heterocycles. The molecule has 2 atom stereocenters. The Hall–Kier alpha value is -4.49. The Balaban J connectivity index is 2.01. The van der Waals surface area contributed by atoms with E-state index >= 15 is 0 Å². The zero-order valence-electron chi connectivity index (χ0n) is 24.2. The lowest BCUT2D eigenvalue weighted by Crippen LogP contribution is -2.28. The molecule has 0 amide bonds. The summed E-state index contributed by atoms with van der Waals surface area (Å²) in [6, 6.07) is 6.48. The predicted molar refractivity (Wildman–Crippen MR) is 144 cm³/mol. The lowest BCUT2D eigenvalue weighted by molar-refractivity contribution is -0.153. The van der Waals surface area contributed by atoms with Gasteiger partial charge in [-0.1, -0.05) is 19.1 Å². The molecular weight excluding hydrogens is 600 g/mol. The number of benzene rings is 2. The van der Waals surface area contributed by atoms with Crippen LogP contribution < -0.4 is 14.2 Å². The monoisotopic (exact) mass is 629 g/mol. The van der Waals surface area contributed by atoms with E-state index in [0.717, 1.165) is 50.6 Å². The van der Waals surface area contributed by atoms with Crippen molar-refractivity contribution in [1.29, 1.82) is 0 Å². The van der Waals surface area contributed by atoms with Gasteiger partial charge in [0, 0.05) is 29.8 Å². The van der Waals surface area contributed by atoms with Crippen LogP contribution in [0.2, 0.25) is 0 Å². The summed E-state index contributed by atoms with van der Waals surface area (Å²) >= 11 is 0. The molecule has 0 fully saturated rings. The second-order valence-electron chi connectivity index (χ2n) is 9.77. The highest BCUT2D eigenvalue weighted by Crippen LogP contribution is 2.44. The highest BCUT2D eigenvalue weighted by atomic mass is 19.4. The fourth-order valence-electron chi connectivity index (χ4n) is 4.59. The Bertz CT molecular complexity index is 1440. The Morgan fingerprint density at radius 2 is 1.27 bits per heavy atom. The second kappa shape index (κ2) is 13.4. The van der Waals surface area contributed by atoms with E-state index in [1.807, 2.05) is 0 Å². The van der Waals surface area contributed by atoms with Crippen molar-refractivity contribution in [1.82, 2.24) is 4.98 Å². The molecule has 0 bridgehead atoms. The smallest absolute Gasteiger partial charge is 0.416 e. The number of methoxy groups -OCH3 is 3. The van der Waals surface area contributed by atoms with Crippen molar-refractivity contribution in [3.63, 3.8) is 0 Å². The third-order valence-electron chi connectivity index (χ3n) is 6.83. The van der Waals surface area contributed by atoms with Gasteiger partial charge in [0.05, 0.1) is 44.3 Å². The highest BCUT2D eigenvalue weighted by molar-refractivity contribution is 5.99. The standard InChI is InChI=1S/C30H29F6NO7/c1-15(12-21(38)26-27(39)22(41-3)10-11-37-26)28(40)44-16(2)25(19-8-6-17(29(31,32)33)13-23(19)42-4)20-9-7-18(30(34,35)36)14-24(20)43-5/h6-11,13-16,25,39H,12H2,1-5H3/t15-,16+/m1/s1. The summed E-state index contributed by atoms with van der Waals surface area (Å²) in [5.41, 5.74) is -2.29. The Morgan fingerprint density at radius 1 is 0.795 bits per heavy atom. The van der Waals surface area contributed by atoms with Gasteiger partial charge in [0.25, 0.3) is 0 Å². The van der Waals surface area contributed by atoms with Gasteiger partial charge in [-0.15, -0.1) is 0 Å². The van der Waals surface area contributed by atoms with E-state index in [1.54, 1.807) is 0 Å². The fourth-order valence-corrected chi connectivity index (χ4v) is 4.59. The SMILES string of the molecule is COc1cc(C(F)(F)F)ccc1C(c1ccc(C(F)(F)F)cc1OC)[C@H](C)OC(=O)[C@H](C)CC(=O)c1nccc(OC)c1O. The van der Waals surface area contributed by atoms with E-state index in [4.69, 9.17) is 18.9 Å². The molecule has 14 heteroatoms. The van der Waals surface area contributed by atoms with Crippen molar-refractivity contribution in [2.45, 2.75) is 44.6 Å². The van der Waals surface area contributed by atoms with Crippen molar-refractivity contribution >= 4 is 11.8 Å². The van der Waals surface area contributed by atoms with Crippen LogP contribution in [0.5, 0.6) is 23.0 Å². The normalized spacial score (nSPS) is 13.3. The first kappa shape index (κ1) is 34.0. The number of hydrogen-bond donors (Lipinski definition) is 1. The van der Waals surface area contributed by atoms with Gasteiger partial charge in [-0.2, -0.15) is 26.3 Å². The maximum absolute atomic E-state index is 13.4. The quantitative estimate of drug-likeness (QED) is 0.140. The lowest BCUT2D eigenvalue weighted by Gasteiger charge is -2.29. The number of nitrogens with zero attached hydrogens (tertiary/aromatic N) is 1. The van der Waals surface area contributed by atoms with Crippen LogP contribution in [0.15, 0.2) is 48.7 Å². The number of carbonyl (C=O) groups is 2. The Labute approximate surface area is 248 Å². The highest BCUT2D eigenvalue weighted by Gasteiger charge is 2.37. The summed E-state index contributed by atoms with van der Waals surface area (Å²) in [6.45, 7) is 2.76. The van der Waals surface area contributed by atoms with Gasteiger partial charge >= 0.3 is 18.3 Å². The van der Waals surface area contributed by atoms with Crippen LogP contribution in [0.3, 0.4) is 0 Å². The molecule has 2 aromatic carbocycles. The molecule has 0 radical (unpaired) electrons. The van der Waals surface area contributed by atoms with Gasteiger partial charge in [-0.3, -0.25) is 9.59 Å². The summed E-state index contributed by atoms with van der Waals surface area (Å²) in [5.74, 6) is -4.94. The largest absolute Gasteiger partial charge is 0.503 e. The second-order valence-corrected chi connectivity index (χ2v) is 9.77. The molecule has 3 aromatic rings. The van der Waals surface area contributed by atoms with Gasteiger partial charge in [0.2, 0.25) is 0 Å². The molecular formula is C30H29F6NO7. The average molecular weight is 630 g/mol. The van der Waals surface area contributed by atoms with E-state index in [0.29, 0.717) is 0 Å². The lowest BCUT2D eigenvalue weighted by atomic mass is 9.84. The Morgan fingerprint density at radius 3 is 1.70 bits per heavy atom. The van der Waals surface area contributed by atoms with Crippen LogP contribution in [0.25, 0.3) is 0 Å². The minimum atomic E-state index is -4.72. The minimum absolute atomic E-state index is 0.00831. The van der Waals surface area contributed by atoms with Crippen LogP contribution in [0, 0.1) is 5.92 Å². The zero-order chi connectivity index (χ0) is 33.0. The van der Waals surface area contributed by atoms with E-state index in [2.05, 4.69) is 4.98 Å². The molecule has 0 spiro atoms. The van der Waals surface area contributed by atoms with Gasteiger partial charge in [0.1, 0.15) is 17.6 Å². The van der Waals surface area contributed by atoms with Crippen LogP contribution in [0.4, 0.5) is 26.3 Å². The number of aromatic nitrogens is 1. The molecule has 0 saturated heterocycles. The maximum atomic E-state index is 13.4. The van der Waals surface area contributed by atoms with Crippen molar-refractivity contribution in [2.24, 2.45) is 5.92 Å². The number of ether oxygens (including phenoxy) is 4. The molecule has 8 nitrogen and oxygen atoms in total. The number of hydrogen-bond acceptors (Lipinski definition) is 8. The summed E-state index contributed by atoms with van der Waals surface area (Å²) < 4.78 is 102. The minimum Gasteiger partial charge on any atom is -0.503 e. The van der Waals surface area contributed by atoms with Crippen LogP contribution >= 0.6 is 0 Å². The van der Waals surface area contributed by atoms with Crippen molar-refractivity contribution in [3.05, 3.63) is 76.6 Å². The van der Waals surface area contributed by atoms with Crippen LogP contribution in [0.1, 0.15) is 58.9 Å². The molecule has 238 valence electrons. The number of alkyl halides is 6. The molecule has 0 aliphatic rings. The molecule has 0 aliphatic carbocycles. The van der Waals surface area contributed by atoms with Crippen molar-refractivity contribution in [2.75, 3.05) is 21.3 Å². The number of carbonyl (C=O) groups excluding carboxylic acids is 2. The molecule has 0 aliphatic heterocycles. The Kier molecular flexibility index (Phi) is 10.4. The number of pyridine rings is 1. The van der Waals surface area contributed by atoms with E-state index in [-0.39, 0.29) is 34.1 Å². The number of Topliss-reactive ketones (excluding diaryl/α,β-unsaturated/α-hetero) is 1. The van der Waals surface area contributed by atoms with E-state index in [1.165, 1.54) is 33.2 Å². The van der Waals surface area contributed by atoms with E-state index < -0.39 is 65.3 Å². The first-order valence-electron chi connectivity index (χ1n) is 13.0. The number of halogens is 6. The number of ketones is 1. The first-order chi connectivity index (χ1) is 20.5. The number of aromatic hydroxyl groups is 1. The first-order valence-corrected chi connectivity index (χ1v) is 13.0. The number of esters is 1. The summed E-state index contributed by atoms with van der Waals surface area (Å²) in [6.07, 6.45) is -9.88. The third-order valence-corrected chi connectivity index (χ3v) is 6.83. The van der Waals surface area contributed by atoms with Gasteiger partial charge < -0.3 is 24.1 Å². The summed E-state index contributed by atoms with van der Waals surface area (Å²) in [5, 5.41) is 10.2. The van der Waals surface area contributed by atoms with Gasteiger partial charge in [-0.05, 0) is 31.2 Å². The van der Waals surface area contributed by atoms with Crippen LogP contribution in [-0.4, -0.2) is 49.3 Å². The van der Waals surface area contributed by atoms with Gasteiger partial charge in [0.15, 0.2) is 23.0 Å². The molecule has 1 heterocycles. The molecule has 3 rings (SSSR count). The van der Waals surface area contributed by atoms with Crippen LogP contribution in [-0.2, 0) is 21.9 Å².